The number of aryl methyl sites for hydroxylation is 1. The lowest BCUT2D eigenvalue weighted by molar-refractivity contribution is 0.0520. The van der Waals surface area contributed by atoms with Crippen LogP contribution in [0.1, 0.15) is 33.5 Å². The van der Waals surface area contributed by atoms with E-state index in [2.05, 4.69) is 15.3 Å². The lowest BCUT2D eigenvalue weighted by atomic mass is 10.1. The number of amides is 1. The molecule has 0 saturated heterocycles. The van der Waals surface area contributed by atoms with Crippen LogP contribution in [0.2, 0.25) is 0 Å². The molecule has 0 aliphatic heterocycles. The number of aromatic nitrogens is 2. The minimum absolute atomic E-state index is 0.256. The van der Waals surface area contributed by atoms with Gasteiger partial charge in [0.25, 0.3) is 5.91 Å². The summed E-state index contributed by atoms with van der Waals surface area (Å²) in [6, 6.07) is 12.3. The number of esters is 1. The molecule has 2 aromatic heterocycles. The third-order valence-corrected chi connectivity index (χ3v) is 3.51. The molecule has 6 nitrogen and oxygen atoms in total. The minimum Gasteiger partial charge on any atom is -0.461 e. The lowest BCUT2D eigenvalue weighted by Crippen LogP contribution is -2.12. The smallest absolute Gasteiger partial charge is 0.354 e. The number of anilines is 1. The van der Waals surface area contributed by atoms with Crippen LogP contribution >= 0.6 is 0 Å². The highest BCUT2D eigenvalue weighted by Crippen LogP contribution is 2.19. The van der Waals surface area contributed by atoms with Crippen LogP contribution in [0.25, 0.3) is 10.9 Å². The highest BCUT2D eigenvalue weighted by molar-refractivity contribution is 6.06. The Morgan fingerprint density at radius 1 is 1.21 bits per heavy atom. The van der Waals surface area contributed by atoms with E-state index in [1.165, 1.54) is 0 Å². The molecule has 3 aromatic rings. The quantitative estimate of drug-likeness (QED) is 0.722. The summed E-state index contributed by atoms with van der Waals surface area (Å²) in [6.45, 7) is 3.92. The first-order valence-electron chi connectivity index (χ1n) is 7.61. The van der Waals surface area contributed by atoms with Crippen LogP contribution in [0.15, 0.2) is 42.5 Å². The maximum atomic E-state index is 12.4. The fraction of sp³-hybridized carbons (Fsp3) is 0.167. The molecule has 0 radical (unpaired) electrons. The fourth-order valence-corrected chi connectivity index (χ4v) is 2.39. The van der Waals surface area contributed by atoms with Gasteiger partial charge in [0.2, 0.25) is 0 Å². The van der Waals surface area contributed by atoms with Gasteiger partial charge in [-0.25, -0.2) is 9.78 Å². The Balaban J connectivity index is 1.84. The number of hydrogen-bond donors (Lipinski definition) is 2. The number of nitrogens with one attached hydrogen (secondary N) is 2. The first-order valence-corrected chi connectivity index (χ1v) is 7.61. The number of aromatic amines is 1. The van der Waals surface area contributed by atoms with E-state index < -0.39 is 5.97 Å². The Morgan fingerprint density at radius 2 is 2.04 bits per heavy atom. The second-order valence-electron chi connectivity index (χ2n) is 5.32. The summed E-state index contributed by atoms with van der Waals surface area (Å²) >= 11 is 0. The zero-order valence-electron chi connectivity index (χ0n) is 13.4. The SMILES string of the molecule is CCOC(=O)c1cc2cc(C(=O)Nc3cccc(C)n3)ccc2[nH]1. The molecule has 0 fully saturated rings. The molecule has 2 N–H and O–H groups in total. The van der Waals surface area contributed by atoms with Crippen LogP contribution in [-0.2, 0) is 4.74 Å². The normalized spacial score (nSPS) is 10.6. The van der Waals surface area contributed by atoms with Gasteiger partial charge in [0.15, 0.2) is 0 Å². The Bertz CT molecular complexity index is 915. The maximum absolute atomic E-state index is 12.4. The van der Waals surface area contributed by atoms with Crippen LogP contribution in [-0.4, -0.2) is 28.5 Å². The average Bonchev–Trinajstić information content (AvgIpc) is 2.98. The molecule has 24 heavy (non-hydrogen) atoms. The van der Waals surface area contributed by atoms with Crippen molar-refractivity contribution in [2.24, 2.45) is 0 Å². The van der Waals surface area contributed by atoms with E-state index in [-0.39, 0.29) is 5.91 Å². The average molecular weight is 323 g/mol. The van der Waals surface area contributed by atoms with Crippen LogP contribution in [0.5, 0.6) is 0 Å². The van der Waals surface area contributed by atoms with Crippen LogP contribution < -0.4 is 5.32 Å². The van der Waals surface area contributed by atoms with Crippen molar-refractivity contribution in [2.75, 3.05) is 11.9 Å². The zero-order chi connectivity index (χ0) is 17.1. The highest BCUT2D eigenvalue weighted by atomic mass is 16.5. The molecule has 0 unspecified atom stereocenters. The summed E-state index contributed by atoms with van der Waals surface area (Å²) in [7, 11) is 0. The van der Waals surface area contributed by atoms with Crippen LogP contribution in [0, 0.1) is 6.92 Å². The van der Waals surface area contributed by atoms with Crippen molar-refractivity contribution in [3.63, 3.8) is 0 Å². The number of pyridine rings is 1. The number of nitrogens with zero attached hydrogens (tertiary/aromatic N) is 1. The number of benzene rings is 1. The third-order valence-electron chi connectivity index (χ3n) is 3.51. The standard InChI is InChI=1S/C18H17N3O3/c1-3-24-18(23)15-10-13-9-12(7-8-14(13)20-15)17(22)21-16-6-4-5-11(2)19-16/h4-10,20H,3H2,1-2H3,(H,19,21,22). The van der Waals surface area contributed by atoms with Crippen molar-refractivity contribution in [2.45, 2.75) is 13.8 Å². The predicted molar refractivity (Wildman–Crippen MR) is 91.2 cm³/mol. The number of rotatable bonds is 4. The predicted octanol–water partition coefficient (Wildman–Crippen LogP) is 3.30. The summed E-state index contributed by atoms with van der Waals surface area (Å²) in [5.74, 6) is -0.168. The zero-order valence-corrected chi connectivity index (χ0v) is 13.4. The highest BCUT2D eigenvalue weighted by Gasteiger charge is 2.13. The van der Waals surface area contributed by atoms with E-state index >= 15 is 0 Å². The van der Waals surface area contributed by atoms with Crippen molar-refractivity contribution >= 4 is 28.6 Å². The second-order valence-corrected chi connectivity index (χ2v) is 5.32. The van der Waals surface area contributed by atoms with Gasteiger partial charge in [0.05, 0.1) is 6.61 Å². The molecule has 2 heterocycles. The van der Waals surface area contributed by atoms with Gasteiger partial charge >= 0.3 is 5.97 Å². The first-order chi connectivity index (χ1) is 11.6. The van der Waals surface area contributed by atoms with Crippen LogP contribution in [0.4, 0.5) is 5.82 Å². The summed E-state index contributed by atoms with van der Waals surface area (Å²) in [5, 5.41) is 3.53. The summed E-state index contributed by atoms with van der Waals surface area (Å²) in [4.78, 5) is 31.4. The number of H-pyrrole nitrogens is 1. The Hall–Kier alpha value is -3.15. The van der Waals surface area contributed by atoms with Gasteiger partial charge in [-0.05, 0) is 50.2 Å². The van der Waals surface area contributed by atoms with Crippen LogP contribution in [0.3, 0.4) is 0 Å². The Labute approximate surface area is 138 Å². The Morgan fingerprint density at radius 3 is 2.79 bits per heavy atom. The van der Waals surface area contributed by atoms with Gasteiger partial charge in [0, 0.05) is 22.2 Å². The molecule has 0 saturated carbocycles. The lowest BCUT2D eigenvalue weighted by Gasteiger charge is -2.05. The van der Waals surface area contributed by atoms with Gasteiger partial charge < -0.3 is 15.0 Å². The largest absolute Gasteiger partial charge is 0.461 e. The molecule has 1 aromatic carbocycles. The van der Waals surface area contributed by atoms with Crippen molar-refractivity contribution in [1.29, 1.82) is 0 Å². The number of hydrogen-bond acceptors (Lipinski definition) is 4. The van der Waals surface area contributed by atoms with E-state index in [4.69, 9.17) is 4.74 Å². The molecule has 122 valence electrons. The number of carbonyl (C=O) groups is 2. The molecular formula is C18H17N3O3. The van der Waals surface area contributed by atoms with E-state index in [9.17, 15) is 9.59 Å². The maximum Gasteiger partial charge on any atom is 0.354 e. The van der Waals surface area contributed by atoms with Crippen molar-refractivity contribution < 1.29 is 14.3 Å². The topological polar surface area (TPSA) is 84.1 Å². The number of fused-ring (bicyclic) bond motifs is 1. The van der Waals surface area contributed by atoms with Gasteiger partial charge in [-0.2, -0.15) is 0 Å². The molecule has 0 atom stereocenters. The van der Waals surface area contributed by atoms with Gasteiger partial charge in [-0.1, -0.05) is 6.07 Å². The monoisotopic (exact) mass is 323 g/mol. The molecule has 0 bridgehead atoms. The third kappa shape index (κ3) is 3.27. The number of carbonyl (C=O) groups excluding carboxylic acids is 2. The molecule has 6 heteroatoms. The van der Waals surface area contributed by atoms with Gasteiger partial charge in [0.1, 0.15) is 11.5 Å². The van der Waals surface area contributed by atoms with E-state index in [1.807, 2.05) is 19.1 Å². The summed E-state index contributed by atoms with van der Waals surface area (Å²) in [6.07, 6.45) is 0. The fourth-order valence-electron chi connectivity index (χ4n) is 2.39. The minimum atomic E-state index is -0.413. The van der Waals surface area contributed by atoms with Crippen molar-refractivity contribution in [1.82, 2.24) is 9.97 Å². The summed E-state index contributed by atoms with van der Waals surface area (Å²) in [5.41, 5.74) is 2.45. The van der Waals surface area contributed by atoms with Gasteiger partial charge in [-0.15, -0.1) is 0 Å². The van der Waals surface area contributed by atoms with Crippen molar-refractivity contribution in [3.05, 3.63) is 59.4 Å². The van der Waals surface area contributed by atoms with Gasteiger partial charge in [-0.3, -0.25) is 4.79 Å². The van der Waals surface area contributed by atoms with E-state index in [0.717, 1.165) is 16.6 Å². The molecule has 1 amide bonds. The Kier molecular flexibility index (Phi) is 4.29. The molecule has 0 spiro atoms. The summed E-state index contributed by atoms with van der Waals surface area (Å²) < 4.78 is 4.97. The molecule has 0 aliphatic carbocycles. The number of ether oxygens (including phenoxy) is 1. The molecule has 0 aliphatic rings. The van der Waals surface area contributed by atoms with Crippen molar-refractivity contribution in [3.8, 4) is 0 Å². The van der Waals surface area contributed by atoms with E-state index in [1.54, 1.807) is 37.3 Å². The second kappa shape index (κ2) is 6.54. The first kappa shape index (κ1) is 15.7. The molecule has 3 rings (SSSR count). The van der Waals surface area contributed by atoms with E-state index in [0.29, 0.717) is 23.7 Å². The molecular weight excluding hydrogens is 306 g/mol.